The summed E-state index contributed by atoms with van der Waals surface area (Å²) in [5.41, 5.74) is 2.91. The molecule has 1 aliphatic rings. The molecule has 0 saturated heterocycles. The fourth-order valence-electron chi connectivity index (χ4n) is 2.40. The zero-order chi connectivity index (χ0) is 16.4. The van der Waals surface area contributed by atoms with Gasteiger partial charge in [-0.2, -0.15) is 5.26 Å². The Morgan fingerprint density at radius 3 is 2.70 bits per heavy atom. The highest BCUT2D eigenvalue weighted by molar-refractivity contribution is 8.00. The van der Waals surface area contributed by atoms with Crippen molar-refractivity contribution in [3.63, 3.8) is 0 Å². The number of pyridine rings is 1. The second kappa shape index (κ2) is 6.07. The molecule has 0 N–H and O–H groups in total. The topological polar surface area (TPSA) is 74.1 Å². The highest BCUT2D eigenvalue weighted by Gasteiger charge is 2.28. The van der Waals surface area contributed by atoms with Crippen molar-refractivity contribution in [3.05, 3.63) is 54.2 Å². The van der Waals surface area contributed by atoms with E-state index in [0.717, 1.165) is 21.4 Å². The summed E-state index contributed by atoms with van der Waals surface area (Å²) in [6.07, 6.45) is 3.28. The van der Waals surface area contributed by atoms with E-state index in [1.54, 1.807) is 36.3 Å². The van der Waals surface area contributed by atoms with Crippen molar-refractivity contribution in [3.8, 4) is 17.2 Å². The summed E-state index contributed by atoms with van der Waals surface area (Å²) in [6, 6.07) is 9.25. The van der Waals surface area contributed by atoms with Gasteiger partial charge in [0.05, 0.1) is 23.5 Å². The summed E-state index contributed by atoms with van der Waals surface area (Å²) in [4.78, 5) is 5.07. The van der Waals surface area contributed by atoms with Gasteiger partial charge in [-0.05, 0) is 17.7 Å². The average Bonchev–Trinajstić information content (AvgIpc) is 2.60. The van der Waals surface area contributed by atoms with Gasteiger partial charge in [0.15, 0.2) is 0 Å². The Bertz CT molecular complexity index is 900. The molecule has 7 heteroatoms. The molecule has 0 radical (unpaired) electrons. The molecule has 1 aliphatic heterocycles. The minimum Gasteiger partial charge on any atom is -0.263 e. The van der Waals surface area contributed by atoms with Crippen molar-refractivity contribution in [2.45, 2.75) is 4.90 Å². The van der Waals surface area contributed by atoms with Crippen molar-refractivity contribution in [2.75, 3.05) is 16.6 Å². The number of sulfonamides is 1. The molecule has 0 saturated carbocycles. The number of rotatable bonds is 3. The normalized spacial score (nSPS) is 14.0. The van der Waals surface area contributed by atoms with Crippen LogP contribution in [-0.4, -0.2) is 25.7 Å². The SMILES string of the molecule is C=CS(=O)(=O)N1CCSc2c(-c3ccc(C#N)cc3)cncc21. The molecule has 5 nitrogen and oxygen atoms in total. The maximum atomic E-state index is 12.2. The van der Waals surface area contributed by atoms with E-state index >= 15 is 0 Å². The standard InChI is InChI=1S/C16H13N3O2S2/c1-2-23(20,21)19-7-8-22-16-14(10-18-11-15(16)19)13-5-3-12(9-17)4-6-13/h2-6,10-11H,1,7-8H2. The quantitative estimate of drug-likeness (QED) is 0.856. The van der Waals surface area contributed by atoms with Gasteiger partial charge in [-0.15, -0.1) is 11.8 Å². The molecule has 1 aromatic heterocycles. The van der Waals surface area contributed by atoms with E-state index in [1.165, 1.54) is 4.31 Å². The number of nitriles is 1. The molecular formula is C16H13N3O2S2. The molecule has 1 aromatic carbocycles. The lowest BCUT2D eigenvalue weighted by molar-refractivity contribution is 0.600. The first kappa shape index (κ1) is 15.6. The van der Waals surface area contributed by atoms with Gasteiger partial charge in [0.1, 0.15) is 0 Å². The highest BCUT2D eigenvalue weighted by atomic mass is 32.2. The minimum atomic E-state index is -3.54. The molecule has 0 amide bonds. The highest BCUT2D eigenvalue weighted by Crippen LogP contribution is 2.42. The Morgan fingerprint density at radius 2 is 2.04 bits per heavy atom. The van der Waals surface area contributed by atoms with Gasteiger partial charge in [-0.1, -0.05) is 18.7 Å². The summed E-state index contributed by atoms with van der Waals surface area (Å²) < 4.78 is 25.7. The van der Waals surface area contributed by atoms with E-state index in [-0.39, 0.29) is 0 Å². The van der Waals surface area contributed by atoms with Crippen LogP contribution in [0, 0.1) is 11.3 Å². The van der Waals surface area contributed by atoms with Gasteiger partial charge in [0, 0.05) is 34.4 Å². The third-order valence-electron chi connectivity index (χ3n) is 3.53. The predicted molar refractivity (Wildman–Crippen MR) is 91.6 cm³/mol. The van der Waals surface area contributed by atoms with Crippen LogP contribution in [0.15, 0.2) is 53.5 Å². The number of nitrogens with zero attached hydrogens (tertiary/aromatic N) is 3. The van der Waals surface area contributed by atoms with Crippen LogP contribution in [0.2, 0.25) is 0 Å². The zero-order valence-electron chi connectivity index (χ0n) is 12.1. The number of aromatic nitrogens is 1. The molecular weight excluding hydrogens is 330 g/mol. The van der Waals surface area contributed by atoms with E-state index in [2.05, 4.69) is 17.6 Å². The molecule has 0 fully saturated rings. The Morgan fingerprint density at radius 1 is 1.30 bits per heavy atom. The van der Waals surface area contributed by atoms with Crippen molar-refractivity contribution < 1.29 is 8.42 Å². The van der Waals surface area contributed by atoms with Crippen LogP contribution < -0.4 is 4.31 Å². The van der Waals surface area contributed by atoms with E-state index in [4.69, 9.17) is 5.26 Å². The number of fused-ring (bicyclic) bond motifs is 1. The molecule has 2 heterocycles. The van der Waals surface area contributed by atoms with Crippen LogP contribution in [0.5, 0.6) is 0 Å². The number of hydrogen-bond acceptors (Lipinski definition) is 5. The summed E-state index contributed by atoms with van der Waals surface area (Å²) in [7, 11) is -3.54. The third kappa shape index (κ3) is 2.83. The Labute approximate surface area is 139 Å². The maximum absolute atomic E-state index is 12.2. The van der Waals surface area contributed by atoms with E-state index in [9.17, 15) is 8.42 Å². The lowest BCUT2D eigenvalue weighted by Crippen LogP contribution is -2.34. The van der Waals surface area contributed by atoms with Gasteiger partial charge in [0.2, 0.25) is 0 Å². The smallest absolute Gasteiger partial charge is 0.256 e. The minimum absolute atomic E-state index is 0.393. The van der Waals surface area contributed by atoms with Crippen molar-refractivity contribution >= 4 is 27.5 Å². The molecule has 2 aromatic rings. The molecule has 0 spiro atoms. The Balaban J connectivity index is 2.13. The van der Waals surface area contributed by atoms with E-state index < -0.39 is 10.0 Å². The number of benzene rings is 1. The average molecular weight is 343 g/mol. The Kier molecular flexibility index (Phi) is 4.11. The van der Waals surface area contributed by atoms with Crippen LogP contribution in [-0.2, 0) is 10.0 Å². The fraction of sp³-hybridized carbons (Fsp3) is 0.125. The Hall–Kier alpha value is -2.30. The molecule has 0 aliphatic carbocycles. The summed E-state index contributed by atoms with van der Waals surface area (Å²) in [5.74, 6) is 0.660. The molecule has 116 valence electrons. The molecule has 0 unspecified atom stereocenters. The fourth-order valence-corrected chi connectivity index (χ4v) is 4.63. The van der Waals surface area contributed by atoms with Gasteiger partial charge in [-0.3, -0.25) is 9.29 Å². The zero-order valence-corrected chi connectivity index (χ0v) is 13.8. The predicted octanol–water partition coefficient (Wildman–Crippen LogP) is 3.01. The second-order valence-corrected chi connectivity index (χ2v) is 7.77. The van der Waals surface area contributed by atoms with Crippen LogP contribution in [0.4, 0.5) is 5.69 Å². The van der Waals surface area contributed by atoms with Crippen LogP contribution in [0.25, 0.3) is 11.1 Å². The molecule has 23 heavy (non-hydrogen) atoms. The van der Waals surface area contributed by atoms with Crippen LogP contribution >= 0.6 is 11.8 Å². The summed E-state index contributed by atoms with van der Waals surface area (Å²) in [6.45, 7) is 3.79. The van der Waals surface area contributed by atoms with Gasteiger partial charge < -0.3 is 0 Å². The van der Waals surface area contributed by atoms with Crippen molar-refractivity contribution in [2.24, 2.45) is 0 Å². The first-order chi connectivity index (χ1) is 11.1. The van der Waals surface area contributed by atoms with Crippen LogP contribution in [0.3, 0.4) is 0 Å². The second-order valence-electron chi connectivity index (χ2n) is 4.86. The summed E-state index contributed by atoms with van der Waals surface area (Å²) >= 11 is 1.61. The first-order valence-electron chi connectivity index (χ1n) is 6.83. The molecule has 0 atom stereocenters. The van der Waals surface area contributed by atoms with E-state index in [0.29, 0.717) is 23.5 Å². The van der Waals surface area contributed by atoms with Crippen molar-refractivity contribution in [1.82, 2.24) is 4.98 Å². The number of thioether (sulfide) groups is 1. The maximum Gasteiger partial charge on any atom is 0.256 e. The van der Waals surface area contributed by atoms with Gasteiger partial charge >= 0.3 is 0 Å². The first-order valence-corrected chi connectivity index (χ1v) is 9.32. The van der Waals surface area contributed by atoms with Crippen molar-refractivity contribution in [1.29, 1.82) is 5.26 Å². The lowest BCUT2D eigenvalue weighted by Gasteiger charge is -2.29. The van der Waals surface area contributed by atoms with E-state index in [1.807, 2.05) is 12.1 Å². The third-order valence-corrected chi connectivity index (χ3v) is 6.05. The van der Waals surface area contributed by atoms with Crippen LogP contribution in [0.1, 0.15) is 5.56 Å². The van der Waals surface area contributed by atoms with Gasteiger partial charge in [-0.25, -0.2) is 8.42 Å². The number of anilines is 1. The molecule has 3 rings (SSSR count). The molecule has 0 bridgehead atoms. The monoisotopic (exact) mass is 343 g/mol. The summed E-state index contributed by atoms with van der Waals surface area (Å²) in [5, 5.41) is 9.85. The largest absolute Gasteiger partial charge is 0.263 e. The lowest BCUT2D eigenvalue weighted by atomic mass is 10.1. The van der Waals surface area contributed by atoms with Gasteiger partial charge in [0.25, 0.3) is 10.0 Å². The number of hydrogen-bond donors (Lipinski definition) is 0.